The fourth-order valence-electron chi connectivity index (χ4n) is 1.58. The predicted molar refractivity (Wildman–Crippen MR) is 84.6 cm³/mol. The molecule has 0 bridgehead atoms. The van der Waals surface area contributed by atoms with Gasteiger partial charge in [-0.15, -0.1) is 0 Å². The fraction of sp³-hybridized carbons (Fsp3) is 0. The normalized spacial score (nSPS) is 10.3. The molecule has 20 heavy (non-hydrogen) atoms. The van der Waals surface area contributed by atoms with Crippen molar-refractivity contribution in [3.63, 3.8) is 0 Å². The number of benzene rings is 2. The standard InChI is InChI=1S/C13H9BrCl2N2O2/c14-7-1-6(2-8(17)3-7)13(20)18-9-4-10(15)12(19)11(16)5-9/h1-5,19H,17H2,(H,18,20). The molecule has 0 aliphatic carbocycles. The van der Waals surface area contributed by atoms with Gasteiger partial charge in [0.15, 0.2) is 5.75 Å². The minimum atomic E-state index is -0.365. The third-order valence-corrected chi connectivity index (χ3v) is 3.49. The Morgan fingerprint density at radius 2 is 1.75 bits per heavy atom. The number of phenols is 1. The summed E-state index contributed by atoms with van der Waals surface area (Å²) in [6, 6.07) is 7.67. The van der Waals surface area contributed by atoms with Crippen molar-refractivity contribution < 1.29 is 9.90 Å². The Kier molecular flexibility index (Phi) is 4.42. The van der Waals surface area contributed by atoms with Gasteiger partial charge in [-0.25, -0.2) is 0 Å². The third-order valence-electron chi connectivity index (χ3n) is 2.46. The molecule has 4 nitrogen and oxygen atoms in total. The maximum absolute atomic E-state index is 12.1. The summed E-state index contributed by atoms with van der Waals surface area (Å²) in [4.78, 5) is 12.1. The van der Waals surface area contributed by atoms with E-state index in [1.54, 1.807) is 18.2 Å². The molecule has 1 amide bonds. The van der Waals surface area contributed by atoms with Crippen LogP contribution in [0.5, 0.6) is 5.75 Å². The molecule has 4 N–H and O–H groups in total. The number of carbonyl (C=O) groups is 1. The van der Waals surface area contributed by atoms with E-state index in [4.69, 9.17) is 28.9 Å². The molecule has 0 saturated heterocycles. The molecule has 0 saturated carbocycles. The van der Waals surface area contributed by atoms with E-state index in [-0.39, 0.29) is 21.7 Å². The molecule has 0 radical (unpaired) electrons. The number of carbonyl (C=O) groups excluding carboxylic acids is 1. The molecule has 0 unspecified atom stereocenters. The van der Waals surface area contributed by atoms with E-state index in [2.05, 4.69) is 21.2 Å². The Balaban J connectivity index is 2.28. The number of nitrogens with two attached hydrogens (primary N) is 1. The first-order valence-electron chi connectivity index (χ1n) is 5.42. The molecule has 7 heteroatoms. The highest BCUT2D eigenvalue weighted by Gasteiger charge is 2.11. The fourth-order valence-corrected chi connectivity index (χ4v) is 2.58. The van der Waals surface area contributed by atoms with E-state index in [0.29, 0.717) is 21.4 Å². The highest BCUT2D eigenvalue weighted by Crippen LogP contribution is 2.34. The maximum Gasteiger partial charge on any atom is 0.255 e. The molecular weight excluding hydrogens is 367 g/mol. The number of hydrogen-bond donors (Lipinski definition) is 3. The van der Waals surface area contributed by atoms with Crippen molar-refractivity contribution in [1.29, 1.82) is 0 Å². The van der Waals surface area contributed by atoms with E-state index < -0.39 is 0 Å². The van der Waals surface area contributed by atoms with Gasteiger partial charge in [0.25, 0.3) is 5.91 Å². The van der Waals surface area contributed by atoms with E-state index in [0.717, 1.165) is 0 Å². The second-order valence-electron chi connectivity index (χ2n) is 4.02. The van der Waals surface area contributed by atoms with Crippen molar-refractivity contribution in [1.82, 2.24) is 0 Å². The van der Waals surface area contributed by atoms with Gasteiger partial charge < -0.3 is 16.2 Å². The van der Waals surface area contributed by atoms with Crippen LogP contribution in [0.2, 0.25) is 10.0 Å². The maximum atomic E-state index is 12.1. The topological polar surface area (TPSA) is 75.4 Å². The van der Waals surface area contributed by atoms with Crippen LogP contribution < -0.4 is 11.1 Å². The summed E-state index contributed by atoms with van der Waals surface area (Å²) in [7, 11) is 0. The second kappa shape index (κ2) is 5.91. The van der Waals surface area contributed by atoms with Crippen molar-refractivity contribution >= 4 is 56.4 Å². The van der Waals surface area contributed by atoms with Crippen LogP contribution in [0.4, 0.5) is 11.4 Å². The Bertz CT molecular complexity index is 649. The van der Waals surface area contributed by atoms with Crippen LogP contribution in [0.3, 0.4) is 0 Å². The van der Waals surface area contributed by atoms with Crippen molar-refractivity contribution in [2.24, 2.45) is 0 Å². The van der Waals surface area contributed by atoms with Crippen molar-refractivity contribution in [3.8, 4) is 5.75 Å². The lowest BCUT2D eigenvalue weighted by atomic mass is 10.2. The molecule has 0 aliphatic rings. The van der Waals surface area contributed by atoms with Crippen molar-refractivity contribution in [2.45, 2.75) is 0 Å². The highest BCUT2D eigenvalue weighted by molar-refractivity contribution is 9.10. The first-order valence-corrected chi connectivity index (χ1v) is 6.97. The Hall–Kier alpha value is -1.43. The smallest absolute Gasteiger partial charge is 0.255 e. The minimum Gasteiger partial charge on any atom is -0.505 e. The summed E-state index contributed by atoms with van der Waals surface area (Å²) in [5, 5.41) is 12.2. The molecule has 0 aliphatic heterocycles. The van der Waals surface area contributed by atoms with E-state index >= 15 is 0 Å². The lowest BCUT2D eigenvalue weighted by Crippen LogP contribution is -2.12. The molecule has 0 atom stereocenters. The van der Waals surface area contributed by atoms with Gasteiger partial charge in [-0.1, -0.05) is 39.1 Å². The zero-order valence-electron chi connectivity index (χ0n) is 9.95. The summed E-state index contributed by atoms with van der Waals surface area (Å²) in [5.74, 6) is -0.589. The van der Waals surface area contributed by atoms with Crippen molar-refractivity contribution in [3.05, 3.63) is 50.4 Å². The van der Waals surface area contributed by atoms with Crippen LogP contribution in [0.15, 0.2) is 34.8 Å². The van der Waals surface area contributed by atoms with Gasteiger partial charge in [-0.2, -0.15) is 0 Å². The first-order chi connectivity index (χ1) is 9.36. The average Bonchev–Trinajstić information content (AvgIpc) is 2.34. The van der Waals surface area contributed by atoms with Crippen LogP contribution in [0, 0.1) is 0 Å². The Morgan fingerprint density at radius 1 is 1.15 bits per heavy atom. The number of nitrogens with one attached hydrogen (secondary N) is 1. The predicted octanol–water partition coefficient (Wildman–Crippen LogP) is 4.30. The highest BCUT2D eigenvalue weighted by atomic mass is 79.9. The van der Waals surface area contributed by atoms with Crippen LogP contribution in [0.25, 0.3) is 0 Å². The minimum absolute atomic E-state index is 0.0570. The van der Waals surface area contributed by atoms with Crippen LogP contribution >= 0.6 is 39.1 Å². The summed E-state index contributed by atoms with van der Waals surface area (Å²) < 4.78 is 0.699. The molecule has 0 heterocycles. The zero-order valence-corrected chi connectivity index (χ0v) is 13.1. The summed E-state index contributed by atoms with van der Waals surface area (Å²) in [6.07, 6.45) is 0. The summed E-state index contributed by atoms with van der Waals surface area (Å²) >= 11 is 14.8. The van der Waals surface area contributed by atoms with Crippen LogP contribution in [-0.2, 0) is 0 Å². The number of nitrogen functional groups attached to an aromatic ring is 1. The number of aromatic hydroxyl groups is 1. The van der Waals surface area contributed by atoms with E-state index in [9.17, 15) is 9.90 Å². The van der Waals surface area contributed by atoms with Gasteiger partial charge in [0.05, 0.1) is 10.0 Å². The monoisotopic (exact) mass is 374 g/mol. The Labute approximate surface area is 133 Å². The lowest BCUT2D eigenvalue weighted by Gasteiger charge is -2.09. The van der Waals surface area contributed by atoms with Gasteiger partial charge in [-0.3, -0.25) is 4.79 Å². The van der Waals surface area contributed by atoms with Gasteiger partial charge in [0.1, 0.15) is 0 Å². The van der Waals surface area contributed by atoms with Crippen LogP contribution in [0.1, 0.15) is 10.4 Å². The molecule has 2 rings (SSSR count). The van der Waals surface area contributed by atoms with E-state index in [1.165, 1.54) is 12.1 Å². The van der Waals surface area contributed by atoms with Gasteiger partial charge >= 0.3 is 0 Å². The lowest BCUT2D eigenvalue weighted by molar-refractivity contribution is 0.102. The van der Waals surface area contributed by atoms with E-state index in [1.807, 2.05) is 0 Å². The molecule has 2 aromatic rings. The number of rotatable bonds is 2. The quantitative estimate of drug-likeness (QED) is 0.541. The third kappa shape index (κ3) is 3.36. The molecule has 0 spiro atoms. The van der Waals surface area contributed by atoms with Crippen LogP contribution in [-0.4, -0.2) is 11.0 Å². The van der Waals surface area contributed by atoms with Gasteiger partial charge in [0, 0.05) is 21.4 Å². The number of halogens is 3. The number of hydrogen-bond acceptors (Lipinski definition) is 3. The van der Waals surface area contributed by atoms with Gasteiger partial charge in [-0.05, 0) is 30.3 Å². The number of anilines is 2. The van der Waals surface area contributed by atoms with Gasteiger partial charge in [0.2, 0.25) is 0 Å². The average molecular weight is 376 g/mol. The largest absolute Gasteiger partial charge is 0.505 e. The molecule has 0 fully saturated rings. The molecule has 2 aromatic carbocycles. The first kappa shape index (κ1) is 15.0. The number of phenolic OH excluding ortho intramolecular Hbond substituents is 1. The summed E-state index contributed by atoms with van der Waals surface area (Å²) in [6.45, 7) is 0. The molecule has 0 aromatic heterocycles. The Morgan fingerprint density at radius 3 is 2.30 bits per heavy atom. The molecular formula is C13H9BrCl2N2O2. The second-order valence-corrected chi connectivity index (χ2v) is 5.75. The zero-order chi connectivity index (χ0) is 14.9. The van der Waals surface area contributed by atoms with Crippen molar-refractivity contribution in [2.75, 3.05) is 11.1 Å². The number of amides is 1. The molecule has 104 valence electrons. The SMILES string of the molecule is Nc1cc(Br)cc(C(=O)Nc2cc(Cl)c(O)c(Cl)c2)c1. The summed E-state index contributed by atoms with van der Waals surface area (Å²) in [5.41, 5.74) is 6.90.